The zero-order chi connectivity index (χ0) is 19.0. The summed E-state index contributed by atoms with van der Waals surface area (Å²) in [7, 11) is 0. The molecular weight excluding hydrogens is 392 g/mol. The maximum atomic E-state index is 14.5. The molecule has 0 radical (unpaired) electrons. The molecule has 2 aromatic carbocycles. The van der Waals surface area contributed by atoms with Crippen LogP contribution in [0.25, 0.3) is 16.6 Å². The van der Waals surface area contributed by atoms with Gasteiger partial charge in [0.2, 0.25) is 0 Å². The monoisotopic (exact) mass is 408 g/mol. The molecule has 27 heavy (non-hydrogen) atoms. The van der Waals surface area contributed by atoms with Crippen molar-refractivity contribution in [3.8, 4) is 5.69 Å². The summed E-state index contributed by atoms with van der Waals surface area (Å²) in [4.78, 5) is 19.1. The van der Waals surface area contributed by atoms with E-state index in [4.69, 9.17) is 27.9 Å². The van der Waals surface area contributed by atoms with Gasteiger partial charge in [-0.25, -0.2) is 9.37 Å². The number of hydrogen-bond donors (Lipinski definition) is 1. The molecule has 0 saturated carbocycles. The van der Waals surface area contributed by atoms with E-state index in [0.29, 0.717) is 41.1 Å². The van der Waals surface area contributed by atoms with Crippen molar-refractivity contribution < 1.29 is 14.0 Å². The number of para-hydroxylation sites is 1. The lowest BCUT2D eigenvalue weighted by Crippen LogP contribution is -3.13. The van der Waals surface area contributed by atoms with Gasteiger partial charge in [0.15, 0.2) is 5.82 Å². The highest BCUT2D eigenvalue weighted by Gasteiger charge is 2.22. The van der Waals surface area contributed by atoms with Gasteiger partial charge >= 0.3 is 0 Å². The van der Waals surface area contributed by atoms with Crippen LogP contribution < -0.4 is 10.5 Å². The summed E-state index contributed by atoms with van der Waals surface area (Å²) >= 11 is 12.4. The molecule has 1 aliphatic rings. The number of benzene rings is 2. The molecule has 5 nitrogen and oxygen atoms in total. The minimum Gasteiger partial charge on any atom is -0.370 e. The summed E-state index contributed by atoms with van der Waals surface area (Å²) in [5.41, 5.74) is 0.147. The molecule has 1 saturated heterocycles. The average molecular weight is 409 g/mol. The van der Waals surface area contributed by atoms with Gasteiger partial charge in [0.05, 0.1) is 34.8 Å². The van der Waals surface area contributed by atoms with Gasteiger partial charge in [-0.2, -0.15) is 0 Å². The van der Waals surface area contributed by atoms with Crippen LogP contribution in [-0.4, -0.2) is 35.9 Å². The van der Waals surface area contributed by atoms with Crippen LogP contribution in [0.15, 0.2) is 41.2 Å². The highest BCUT2D eigenvalue weighted by molar-refractivity contribution is 6.38. The Kier molecular flexibility index (Phi) is 5.14. The molecule has 1 fully saturated rings. The van der Waals surface area contributed by atoms with E-state index in [1.165, 1.54) is 21.6 Å². The second-order valence-electron chi connectivity index (χ2n) is 6.44. The van der Waals surface area contributed by atoms with Crippen LogP contribution in [-0.2, 0) is 11.3 Å². The van der Waals surface area contributed by atoms with Crippen LogP contribution in [0.1, 0.15) is 5.82 Å². The lowest BCUT2D eigenvalue weighted by molar-refractivity contribution is -0.922. The van der Waals surface area contributed by atoms with Gasteiger partial charge in [0, 0.05) is 5.02 Å². The van der Waals surface area contributed by atoms with E-state index in [-0.39, 0.29) is 11.1 Å². The molecule has 0 unspecified atom stereocenters. The number of morpholine rings is 1. The van der Waals surface area contributed by atoms with Crippen molar-refractivity contribution in [2.24, 2.45) is 0 Å². The Labute approximate surface area is 164 Å². The highest BCUT2D eigenvalue weighted by Crippen LogP contribution is 2.25. The number of aromatic nitrogens is 2. The number of rotatable bonds is 3. The predicted octanol–water partition coefficient (Wildman–Crippen LogP) is 2.25. The van der Waals surface area contributed by atoms with Crippen molar-refractivity contribution >= 4 is 34.1 Å². The fourth-order valence-electron chi connectivity index (χ4n) is 3.32. The van der Waals surface area contributed by atoms with Crippen molar-refractivity contribution in [3.63, 3.8) is 0 Å². The fourth-order valence-corrected chi connectivity index (χ4v) is 3.86. The molecule has 4 rings (SSSR count). The first-order valence-electron chi connectivity index (χ1n) is 8.61. The molecule has 2 heterocycles. The Balaban J connectivity index is 1.97. The zero-order valence-corrected chi connectivity index (χ0v) is 15.9. The fraction of sp³-hybridized carbons (Fsp3) is 0.263. The molecule has 0 spiro atoms. The van der Waals surface area contributed by atoms with E-state index in [1.807, 2.05) is 0 Å². The smallest absolute Gasteiger partial charge is 0.266 e. The first-order valence-corrected chi connectivity index (χ1v) is 9.37. The summed E-state index contributed by atoms with van der Waals surface area (Å²) < 4.78 is 21.2. The quantitative estimate of drug-likeness (QED) is 0.722. The minimum absolute atomic E-state index is 0.163. The largest absolute Gasteiger partial charge is 0.370 e. The maximum Gasteiger partial charge on any atom is 0.266 e. The Morgan fingerprint density at radius 1 is 1.19 bits per heavy atom. The summed E-state index contributed by atoms with van der Waals surface area (Å²) in [5, 5.41) is 0.892. The first-order chi connectivity index (χ1) is 13.0. The van der Waals surface area contributed by atoms with Crippen LogP contribution in [0.4, 0.5) is 4.39 Å². The van der Waals surface area contributed by atoms with Crippen LogP contribution in [0.5, 0.6) is 0 Å². The normalized spacial score (nSPS) is 15.4. The van der Waals surface area contributed by atoms with Crippen molar-refractivity contribution in [2.75, 3.05) is 26.3 Å². The van der Waals surface area contributed by atoms with Crippen molar-refractivity contribution in [1.29, 1.82) is 0 Å². The molecular formula is C19H17Cl2FN3O2+. The molecule has 1 aliphatic heterocycles. The summed E-state index contributed by atoms with van der Waals surface area (Å²) in [6, 6.07) is 9.22. The molecule has 1 aromatic heterocycles. The van der Waals surface area contributed by atoms with E-state index in [0.717, 1.165) is 13.1 Å². The van der Waals surface area contributed by atoms with E-state index in [9.17, 15) is 9.18 Å². The molecule has 3 aromatic rings. The van der Waals surface area contributed by atoms with Gasteiger partial charge in [-0.3, -0.25) is 9.36 Å². The summed E-state index contributed by atoms with van der Waals surface area (Å²) in [6.45, 7) is 3.33. The second kappa shape index (κ2) is 7.56. The number of ether oxygens (including phenoxy) is 1. The minimum atomic E-state index is -0.493. The van der Waals surface area contributed by atoms with E-state index < -0.39 is 11.4 Å². The highest BCUT2D eigenvalue weighted by atomic mass is 35.5. The van der Waals surface area contributed by atoms with Gasteiger partial charge in [0.1, 0.15) is 25.5 Å². The Bertz CT molecular complexity index is 1060. The number of quaternary nitrogens is 1. The van der Waals surface area contributed by atoms with Gasteiger partial charge in [-0.05, 0) is 24.3 Å². The molecule has 0 amide bonds. The predicted molar refractivity (Wildman–Crippen MR) is 103 cm³/mol. The van der Waals surface area contributed by atoms with Gasteiger partial charge in [-0.15, -0.1) is 0 Å². The maximum absolute atomic E-state index is 14.5. The second-order valence-corrected chi connectivity index (χ2v) is 7.29. The molecule has 8 heteroatoms. The van der Waals surface area contributed by atoms with Crippen molar-refractivity contribution in [3.05, 3.63) is 68.4 Å². The van der Waals surface area contributed by atoms with Crippen LogP contribution in [0.3, 0.4) is 0 Å². The van der Waals surface area contributed by atoms with Gasteiger partial charge < -0.3 is 9.64 Å². The lowest BCUT2D eigenvalue weighted by atomic mass is 10.2. The number of hydrogen-bond acceptors (Lipinski definition) is 3. The standard InChI is InChI=1S/C19H16Cl2FN3O2/c20-12-9-13-18(14(21)10-12)23-17(11-24-5-7-27-8-6-24)25(19(13)26)16-4-2-1-3-15(16)22/h1-4,9-10H,5-8,11H2/p+1. The van der Waals surface area contributed by atoms with E-state index in [2.05, 4.69) is 4.98 Å². The Hall–Kier alpha value is -1.99. The third kappa shape index (κ3) is 3.58. The van der Waals surface area contributed by atoms with Crippen LogP contribution >= 0.6 is 23.2 Å². The number of halogens is 3. The van der Waals surface area contributed by atoms with E-state index in [1.54, 1.807) is 24.3 Å². The molecule has 1 N–H and O–H groups in total. The molecule has 0 atom stereocenters. The van der Waals surface area contributed by atoms with Crippen LogP contribution in [0, 0.1) is 5.82 Å². The third-order valence-electron chi connectivity index (χ3n) is 4.66. The van der Waals surface area contributed by atoms with Crippen molar-refractivity contribution in [1.82, 2.24) is 9.55 Å². The molecule has 140 valence electrons. The van der Waals surface area contributed by atoms with Gasteiger partial charge in [0.25, 0.3) is 5.56 Å². The SMILES string of the molecule is O=c1c2cc(Cl)cc(Cl)c2nc(C[NH+]2CCOCC2)n1-c1ccccc1F. The average Bonchev–Trinajstić information content (AvgIpc) is 2.65. The summed E-state index contributed by atoms with van der Waals surface area (Å²) in [5.74, 6) is -0.0363. The number of nitrogens with one attached hydrogen (secondary N) is 1. The molecule has 0 bridgehead atoms. The van der Waals surface area contributed by atoms with E-state index >= 15 is 0 Å². The Morgan fingerprint density at radius 3 is 2.67 bits per heavy atom. The van der Waals surface area contributed by atoms with Gasteiger partial charge in [-0.1, -0.05) is 35.3 Å². The number of fused-ring (bicyclic) bond motifs is 1. The Morgan fingerprint density at radius 2 is 1.93 bits per heavy atom. The zero-order valence-electron chi connectivity index (χ0n) is 14.3. The third-order valence-corrected chi connectivity index (χ3v) is 5.17. The lowest BCUT2D eigenvalue weighted by Gasteiger charge is -2.24. The first kappa shape index (κ1) is 18.4. The molecule has 0 aliphatic carbocycles. The topological polar surface area (TPSA) is 48.6 Å². The number of nitrogens with zero attached hydrogens (tertiary/aromatic N) is 2. The summed E-state index contributed by atoms with van der Waals surface area (Å²) in [6.07, 6.45) is 0. The van der Waals surface area contributed by atoms with Crippen molar-refractivity contribution in [2.45, 2.75) is 6.54 Å². The van der Waals surface area contributed by atoms with Crippen LogP contribution in [0.2, 0.25) is 10.0 Å².